The SMILES string of the molecule is CCOCCCC[C@@](NC(C)=O)(c1cccc(Cl)c1)[C@@H]1CCCNC1. The van der Waals surface area contributed by atoms with Crippen LogP contribution in [0.1, 0.15) is 51.5 Å². The van der Waals surface area contributed by atoms with Gasteiger partial charge in [0.15, 0.2) is 0 Å². The average Bonchev–Trinajstić information content (AvgIpc) is 2.61. The zero-order valence-corrected chi connectivity index (χ0v) is 16.2. The molecule has 2 N–H and O–H groups in total. The second-order valence-corrected chi connectivity index (χ2v) is 7.30. The van der Waals surface area contributed by atoms with Crippen molar-refractivity contribution in [3.05, 3.63) is 34.9 Å². The third kappa shape index (κ3) is 5.70. The fraction of sp³-hybridized carbons (Fsp3) is 0.650. The molecule has 1 aromatic carbocycles. The lowest BCUT2D eigenvalue weighted by atomic mass is 9.71. The minimum absolute atomic E-state index is 0.00959. The van der Waals surface area contributed by atoms with E-state index in [1.54, 1.807) is 6.92 Å². The quantitative estimate of drug-likeness (QED) is 0.652. The summed E-state index contributed by atoms with van der Waals surface area (Å²) in [6, 6.07) is 7.97. The van der Waals surface area contributed by atoms with Gasteiger partial charge in [0.25, 0.3) is 0 Å². The molecule has 1 aliphatic heterocycles. The fourth-order valence-electron chi connectivity index (χ4n) is 3.93. The van der Waals surface area contributed by atoms with Gasteiger partial charge in [-0.3, -0.25) is 4.79 Å². The van der Waals surface area contributed by atoms with E-state index in [0.717, 1.165) is 64.0 Å². The van der Waals surface area contributed by atoms with Gasteiger partial charge in [-0.25, -0.2) is 0 Å². The number of hydrogen-bond donors (Lipinski definition) is 2. The molecule has 1 heterocycles. The van der Waals surface area contributed by atoms with Gasteiger partial charge in [0.1, 0.15) is 0 Å². The monoisotopic (exact) mass is 366 g/mol. The van der Waals surface area contributed by atoms with Gasteiger partial charge in [0, 0.05) is 31.7 Å². The number of carbonyl (C=O) groups excluding carboxylic acids is 1. The van der Waals surface area contributed by atoms with E-state index < -0.39 is 0 Å². The van der Waals surface area contributed by atoms with Gasteiger partial charge in [-0.15, -0.1) is 0 Å². The molecule has 0 saturated carbocycles. The molecule has 1 fully saturated rings. The fourth-order valence-corrected chi connectivity index (χ4v) is 4.12. The third-order valence-corrected chi connectivity index (χ3v) is 5.28. The molecular weight excluding hydrogens is 336 g/mol. The maximum atomic E-state index is 12.1. The molecule has 5 heteroatoms. The summed E-state index contributed by atoms with van der Waals surface area (Å²) in [5.41, 5.74) is 0.733. The van der Waals surface area contributed by atoms with Gasteiger partial charge in [-0.1, -0.05) is 23.7 Å². The van der Waals surface area contributed by atoms with Gasteiger partial charge in [-0.2, -0.15) is 0 Å². The molecule has 1 aromatic rings. The van der Waals surface area contributed by atoms with E-state index >= 15 is 0 Å². The van der Waals surface area contributed by atoms with E-state index in [1.165, 1.54) is 0 Å². The van der Waals surface area contributed by atoms with Crippen molar-refractivity contribution in [2.45, 2.75) is 51.5 Å². The van der Waals surface area contributed by atoms with Crippen LogP contribution >= 0.6 is 11.6 Å². The van der Waals surface area contributed by atoms with Crippen LogP contribution in [-0.2, 0) is 15.1 Å². The Labute approximate surface area is 156 Å². The molecule has 0 bridgehead atoms. The van der Waals surface area contributed by atoms with Crippen molar-refractivity contribution in [1.29, 1.82) is 0 Å². The Balaban J connectivity index is 2.29. The van der Waals surface area contributed by atoms with Gasteiger partial charge in [0.05, 0.1) is 5.54 Å². The second-order valence-electron chi connectivity index (χ2n) is 6.86. The molecule has 140 valence electrons. The number of ether oxygens (including phenoxy) is 1. The first-order valence-corrected chi connectivity index (χ1v) is 9.79. The molecule has 0 aliphatic carbocycles. The summed E-state index contributed by atoms with van der Waals surface area (Å²) in [4.78, 5) is 12.1. The summed E-state index contributed by atoms with van der Waals surface area (Å²) in [7, 11) is 0. The molecule has 4 nitrogen and oxygen atoms in total. The summed E-state index contributed by atoms with van der Waals surface area (Å²) < 4.78 is 5.48. The van der Waals surface area contributed by atoms with Crippen LogP contribution in [0.5, 0.6) is 0 Å². The molecule has 2 atom stereocenters. The number of halogens is 1. The predicted octanol–water partition coefficient (Wildman–Crippen LogP) is 3.88. The predicted molar refractivity (Wildman–Crippen MR) is 103 cm³/mol. The second kappa shape index (κ2) is 10.1. The first-order valence-electron chi connectivity index (χ1n) is 9.41. The van der Waals surface area contributed by atoms with Crippen molar-refractivity contribution in [3.8, 4) is 0 Å². The Hall–Kier alpha value is -1.10. The van der Waals surface area contributed by atoms with Crippen molar-refractivity contribution < 1.29 is 9.53 Å². The summed E-state index contributed by atoms with van der Waals surface area (Å²) in [5.74, 6) is 0.367. The summed E-state index contributed by atoms with van der Waals surface area (Å²) in [6.45, 7) is 7.10. The highest BCUT2D eigenvalue weighted by atomic mass is 35.5. The minimum Gasteiger partial charge on any atom is -0.382 e. The van der Waals surface area contributed by atoms with Crippen molar-refractivity contribution in [2.24, 2.45) is 5.92 Å². The van der Waals surface area contributed by atoms with Gasteiger partial charge < -0.3 is 15.4 Å². The molecule has 2 rings (SSSR count). The summed E-state index contributed by atoms with van der Waals surface area (Å²) in [5, 5.41) is 7.53. The molecule has 1 saturated heterocycles. The molecule has 25 heavy (non-hydrogen) atoms. The zero-order chi connectivity index (χ0) is 18.1. The normalized spacial score (nSPS) is 20.0. The van der Waals surface area contributed by atoms with Gasteiger partial charge >= 0.3 is 0 Å². The standard InChI is InChI=1S/C20H31ClN2O2/c1-3-25-13-5-4-11-20(23-16(2)24,18-9-7-12-22-15-18)17-8-6-10-19(21)14-17/h6,8,10,14,18,22H,3-5,7,9,11-13,15H2,1-2H3,(H,23,24)/t18-,20-/m1/s1. The van der Waals surface area contributed by atoms with Crippen molar-refractivity contribution >= 4 is 17.5 Å². The smallest absolute Gasteiger partial charge is 0.217 e. The van der Waals surface area contributed by atoms with E-state index in [1.807, 2.05) is 25.1 Å². The van der Waals surface area contributed by atoms with Crippen LogP contribution in [0.15, 0.2) is 24.3 Å². The van der Waals surface area contributed by atoms with Crippen LogP contribution in [0.3, 0.4) is 0 Å². The largest absolute Gasteiger partial charge is 0.382 e. The van der Waals surface area contributed by atoms with Crippen molar-refractivity contribution in [2.75, 3.05) is 26.3 Å². The number of benzene rings is 1. The Kier molecular flexibility index (Phi) is 8.20. The van der Waals surface area contributed by atoms with Gasteiger partial charge in [-0.05, 0) is 69.2 Å². The van der Waals surface area contributed by atoms with Crippen LogP contribution in [0, 0.1) is 5.92 Å². The van der Waals surface area contributed by atoms with E-state index in [4.69, 9.17) is 16.3 Å². The topological polar surface area (TPSA) is 50.4 Å². The maximum Gasteiger partial charge on any atom is 0.217 e. The lowest BCUT2D eigenvalue weighted by Crippen LogP contribution is -2.54. The molecule has 0 aromatic heterocycles. The van der Waals surface area contributed by atoms with E-state index in [2.05, 4.69) is 16.7 Å². The molecule has 1 aliphatic rings. The number of unbranched alkanes of at least 4 members (excludes halogenated alkanes) is 1. The van der Waals surface area contributed by atoms with Crippen molar-refractivity contribution in [1.82, 2.24) is 10.6 Å². The van der Waals surface area contributed by atoms with Crippen LogP contribution < -0.4 is 10.6 Å². The minimum atomic E-state index is -0.379. The van der Waals surface area contributed by atoms with E-state index in [9.17, 15) is 4.79 Å². The number of carbonyl (C=O) groups is 1. The lowest BCUT2D eigenvalue weighted by molar-refractivity contribution is -0.122. The average molecular weight is 367 g/mol. The lowest BCUT2D eigenvalue weighted by Gasteiger charge is -2.44. The number of nitrogens with one attached hydrogen (secondary N) is 2. The highest BCUT2D eigenvalue weighted by Gasteiger charge is 2.41. The number of rotatable bonds is 9. The van der Waals surface area contributed by atoms with Crippen LogP contribution in [0.4, 0.5) is 0 Å². The summed E-state index contributed by atoms with van der Waals surface area (Å²) in [6.07, 6.45) is 5.13. The zero-order valence-electron chi connectivity index (χ0n) is 15.4. The number of hydrogen-bond acceptors (Lipinski definition) is 3. The number of amides is 1. The highest BCUT2D eigenvalue weighted by Crippen LogP contribution is 2.39. The van der Waals surface area contributed by atoms with Crippen molar-refractivity contribution in [3.63, 3.8) is 0 Å². The Bertz CT molecular complexity index is 546. The summed E-state index contributed by atoms with van der Waals surface area (Å²) >= 11 is 6.28. The molecular formula is C20H31ClN2O2. The molecule has 1 amide bonds. The van der Waals surface area contributed by atoms with Gasteiger partial charge in [0.2, 0.25) is 5.91 Å². The first-order chi connectivity index (χ1) is 12.1. The Morgan fingerprint density at radius 2 is 2.28 bits per heavy atom. The van der Waals surface area contributed by atoms with Crippen LogP contribution in [-0.4, -0.2) is 32.2 Å². The Morgan fingerprint density at radius 1 is 1.44 bits per heavy atom. The number of piperidine rings is 1. The molecule has 0 spiro atoms. The first kappa shape index (κ1) is 20.2. The van der Waals surface area contributed by atoms with Crippen LogP contribution in [0.25, 0.3) is 0 Å². The maximum absolute atomic E-state index is 12.1. The van der Waals surface area contributed by atoms with Crippen LogP contribution in [0.2, 0.25) is 5.02 Å². The molecule has 0 radical (unpaired) electrons. The molecule has 0 unspecified atom stereocenters. The van der Waals surface area contributed by atoms with E-state index in [-0.39, 0.29) is 11.4 Å². The highest BCUT2D eigenvalue weighted by molar-refractivity contribution is 6.30. The Morgan fingerprint density at radius 3 is 2.92 bits per heavy atom. The third-order valence-electron chi connectivity index (χ3n) is 5.05. The van der Waals surface area contributed by atoms with E-state index in [0.29, 0.717) is 10.9 Å².